The van der Waals surface area contributed by atoms with Crippen molar-refractivity contribution in [3.05, 3.63) is 0 Å². The van der Waals surface area contributed by atoms with Gasteiger partial charge in [-0.1, -0.05) is 6.92 Å². The minimum atomic E-state index is 0.827. The fourth-order valence-corrected chi connectivity index (χ4v) is 4.20. The summed E-state index contributed by atoms with van der Waals surface area (Å²) in [6.07, 6.45) is 7.93. The Bertz CT molecular complexity index is 157. The Morgan fingerprint density at radius 3 is 2.00 bits per heavy atom. The van der Waals surface area contributed by atoms with E-state index < -0.39 is 0 Å². The third-order valence-electron chi connectivity index (χ3n) is 4.40. The molecule has 0 saturated heterocycles. The van der Waals surface area contributed by atoms with Crippen LogP contribution in [-0.2, 0) is 0 Å². The monoisotopic (exact) mass is 136 g/mol. The molecular weight excluding hydrogens is 120 g/mol. The Labute approximate surface area is 63.0 Å². The maximum Gasteiger partial charge on any atom is -0.0292 e. The largest absolute Gasteiger partial charge is 0.0594 e. The van der Waals surface area contributed by atoms with Crippen LogP contribution in [0.4, 0.5) is 0 Å². The molecule has 0 aromatic rings. The highest BCUT2D eigenvalue weighted by Crippen LogP contribution is 2.64. The maximum atomic E-state index is 2.54. The molecule has 0 amide bonds. The summed E-state index contributed by atoms with van der Waals surface area (Å²) in [5.74, 6) is 3.46. The van der Waals surface area contributed by atoms with Crippen LogP contribution >= 0.6 is 0 Å². The summed E-state index contributed by atoms with van der Waals surface area (Å²) in [6, 6.07) is 0. The summed E-state index contributed by atoms with van der Waals surface area (Å²) >= 11 is 0. The summed E-state index contributed by atoms with van der Waals surface area (Å²) in [5, 5.41) is 0. The van der Waals surface area contributed by atoms with E-state index >= 15 is 0 Å². The summed E-state index contributed by atoms with van der Waals surface area (Å²) in [7, 11) is 0. The van der Waals surface area contributed by atoms with E-state index in [9.17, 15) is 0 Å². The lowest BCUT2D eigenvalue weighted by atomic mass is 9.77. The van der Waals surface area contributed by atoms with Gasteiger partial charge in [-0.25, -0.2) is 0 Å². The Morgan fingerprint density at radius 2 is 1.60 bits per heavy atom. The van der Waals surface area contributed by atoms with Crippen molar-refractivity contribution in [3.8, 4) is 0 Å². The van der Waals surface area contributed by atoms with Crippen molar-refractivity contribution in [2.75, 3.05) is 0 Å². The Hall–Kier alpha value is 0. The quantitative estimate of drug-likeness (QED) is 0.480. The average Bonchev–Trinajstić information content (AvgIpc) is 2.14. The first-order valence-corrected chi connectivity index (χ1v) is 4.76. The molecule has 4 bridgehead atoms. The number of hydrogen-bond donors (Lipinski definition) is 0. The van der Waals surface area contributed by atoms with Crippen molar-refractivity contribution in [3.63, 3.8) is 0 Å². The van der Waals surface area contributed by atoms with E-state index in [2.05, 4.69) is 6.92 Å². The van der Waals surface area contributed by atoms with E-state index in [1.165, 1.54) is 0 Å². The van der Waals surface area contributed by atoms with Gasteiger partial charge in [0.2, 0.25) is 0 Å². The fraction of sp³-hybridized carbons (Fsp3) is 1.00. The Morgan fingerprint density at radius 1 is 1.00 bits per heavy atom. The molecule has 0 nitrogen and oxygen atoms in total. The van der Waals surface area contributed by atoms with Crippen LogP contribution in [0.25, 0.3) is 0 Å². The van der Waals surface area contributed by atoms with Crippen LogP contribution in [0, 0.1) is 23.2 Å². The van der Waals surface area contributed by atoms with Crippen LogP contribution in [0.5, 0.6) is 0 Å². The minimum absolute atomic E-state index is 0.827. The second kappa shape index (κ2) is 1.44. The summed E-state index contributed by atoms with van der Waals surface area (Å²) in [5.41, 5.74) is 0.827. The van der Waals surface area contributed by atoms with Gasteiger partial charge in [-0.2, -0.15) is 0 Å². The lowest BCUT2D eigenvalue weighted by molar-refractivity contribution is 0.224. The molecule has 0 aliphatic heterocycles. The van der Waals surface area contributed by atoms with E-state index in [0.717, 1.165) is 23.2 Å². The van der Waals surface area contributed by atoms with Gasteiger partial charge in [0.25, 0.3) is 0 Å². The van der Waals surface area contributed by atoms with Gasteiger partial charge in [-0.05, 0) is 55.3 Å². The molecule has 2 unspecified atom stereocenters. The second-order valence-electron chi connectivity index (χ2n) is 5.20. The lowest BCUT2D eigenvalue weighted by Gasteiger charge is -2.28. The summed E-state index contributed by atoms with van der Waals surface area (Å²) < 4.78 is 0. The van der Waals surface area contributed by atoms with Crippen molar-refractivity contribution in [2.45, 2.75) is 39.0 Å². The molecule has 0 N–H and O–H groups in total. The van der Waals surface area contributed by atoms with Crippen LogP contribution in [0.2, 0.25) is 0 Å². The van der Waals surface area contributed by atoms with Gasteiger partial charge in [0, 0.05) is 0 Å². The highest BCUT2D eigenvalue weighted by atomic mass is 14.6. The zero-order valence-corrected chi connectivity index (χ0v) is 6.77. The highest BCUT2D eigenvalue weighted by Gasteiger charge is 2.54. The number of rotatable bonds is 0. The smallest absolute Gasteiger partial charge is 0.0292 e. The molecule has 4 aliphatic carbocycles. The van der Waals surface area contributed by atoms with Gasteiger partial charge in [-0.3, -0.25) is 0 Å². The van der Waals surface area contributed by atoms with Crippen LogP contribution in [0.3, 0.4) is 0 Å². The topological polar surface area (TPSA) is 0 Å². The van der Waals surface area contributed by atoms with Crippen molar-refractivity contribution >= 4 is 0 Å². The molecular formula is C10H16. The summed E-state index contributed by atoms with van der Waals surface area (Å²) in [6.45, 7) is 2.54. The number of hydrogen-bond acceptors (Lipinski definition) is 0. The summed E-state index contributed by atoms with van der Waals surface area (Å²) in [4.78, 5) is 0. The predicted octanol–water partition coefficient (Wildman–Crippen LogP) is 2.83. The molecule has 56 valence electrons. The van der Waals surface area contributed by atoms with Gasteiger partial charge in [0.1, 0.15) is 0 Å². The van der Waals surface area contributed by atoms with Crippen LogP contribution < -0.4 is 0 Å². The third kappa shape index (κ3) is 0.500. The Kier molecular flexibility index (Phi) is 0.810. The van der Waals surface area contributed by atoms with E-state index in [-0.39, 0.29) is 0 Å². The zero-order chi connectivity index (χ0) is 6.77. The molecule has 0 spiro atoms. The minimum Gasteiger partial charge on any atom is -0.0594 e. The predicted molar refractivity (Wildman–Crippen MR) is 41.7 cm³/mol. The van der Waals surface area contributed by atoms with Gasteiger partial charge in [0.05, 0.1) is 0 Å². The average molecular weight is 136 g/mol. The SMILES string of the molecule is CC12C[C@@H]3CC1C[C@@H](C3)C2. The molecule has 4 saturated carbocycles. The van der Waals surface area contributed by atoms with E-state index in [1.54, 1.807) is 32.1 Å². The lowest BCUT2D eigenvalue weighted by Crippen LogP contribution is -2.18. The van der Waals surface area contributed by atoms with Crippen molar-refractivity contribution in [2.24, 2.45) is 23.2 Å². The van der Waals surface area contributed by atoms with Crippen molar-refractivity contribution in [1.29, 1.82) is 0 Å². The fourth-order valence-electron chi connectivity index (χ4n) is 4.20. The second-order valence-corrected chi connectivity index (χ2v) is 5.20. The molecule has 4 rings (SSSR count). The van der Waals surface area contributed by atoms with E-state index in [4.69, 9.17) is 0 Å². The Balaban J connectivity index is 2.04. The van der Waals surface area contributed by atoms with Crippen LogP contribution in [0.1, 0.15) is 39.0 Å². The zero-order valence-electron chi connectivity index (χ0n) is 6.77. The van der Waals surface area contributed by atoms with Gasteiger partial charge >= 0.3 is 0 Å². The molecule has 0 aromatic carbocycles. The first kappa shape index (κ1) is 5.62. The van der Waals surface area contributed by atoms with Crippen LogP contribution in [0.15, 0.2) is 0 Å². The maximum absolute atomic E-state index is 2.54. The molecule has 4 fully saturated rings. The molecule has 0 heterocycles. The van der Waals surface area contributed by atoms with Crippen LogP contribution in [-0.4, -0.2) is 0 Å². The standard InChI is InChI=1S/C10H16/c1-10-5-7-2-8(6-10)4-9(10)3-7/h7-9H,2-6H2,1H3/t7-,8+,9?,10?. The molecule has 4 atom stereocenters. The van der Waals surface area contributed by atoms with Crippen molar-refractivity contribution < 1.29 is 0 Å². The van der Waals surface area contributed by atoms with E-state index in [0.29, 0.717) is 0 Å². The first-order valence-electron chi connectivity index (χ1n) is 4.76. The van der Waals surface area contributed by atoms with Gasteiger partial charge in [0.15, 0.2) is 0 Å². The molecule has 4 aliphatic rings. The van der Waals surface area contributed by atoms with Gasteiger partial charge in [-0.15, -0.1) is 0 Å². The molecule has 0 radical (unpaired) electrons. The molecule has 10 heavy (non-hydrogen) atoms. The normalized spacial score (nSPS) is 63.9. The molecule has 0 heteroatoms. The van der Waals surface area contributed by atoms with Crippen molar-refractivity contribution in [1.82, 2.24) is 0 Å². The van der Waals surface area contributed by atoms with Gasteiger partial charge < -0.3 is 0 Å². The molecule has 0 aromatic heterocycles. The first-order chi connectivity index (χ1) is 4.76. The highest BCUT2D eigenvalue weighted by molar-refractivity contribution is 5.04. The van der Waals surface area contributed by atoms with E-state index in [1.807, 2.05) is 0 Å². The third-order valence-corrected chi connectivity index (χ3v) is 4.40.